The molecular weight excluding hydrogens is 214 g/mol. The molecule has 0 aromatic heterocycles. The van der Waals surface area contributed by atoms with Crippen molar-refractivity contribution in [1.82, 2.24) is 0 Å². The van der Waals surface area contributed by atoms with Crippen LogP contribution in [0.3, 0.4) is 0 Å². The lowest BCUT2D eigenvalue weighted by molar-refractivity contribution is 0.489. The fraction of sp³-hybridized carbons (Fsp3) is 0.571. The van der Waals surface area contributed by atoms with E-state index in [2.05, 4.69) is 37.4 Å². The molecule has 0 aliphatic rings. The molecule has 0 heterocycles. The van der Waals surface area contributed by atoms with Crippen LogP contribution in [0.1, 0.15) is 24.0 Å². The van der Waals surface area contributed by atoms with E-state index in [4.69, 9.17) is 5.73 Å². The zero-order chi connectivity index (χ0) is 11.8. The smallest absolute Gasteiger partial charge is 0.00457 e. The Labute approximate surface area is 104 Å². The average molecular weight is 237 g/mol. The van der Waals surface area contributed by atoms with Crippen LogP contribution in [0.25, 0.3) is 0 Å². The molecule has 16 heavy (non-hydrogen) atoms. The number of benzene rings is 1. The summed E-state index contributed by atoms with van der Waals surface area (Å²) in [5.41, 5.74) is 8.58. The van der Waals surface area contributed by atoms with E-state index in [1.165, 1.54) is 29.7 Å². The number of thioether (sulfide) groups is 1. The summed E-state index contributed by atoms with van der Waals surface area (Å²) in [6.45, 7) is 2.94. The maximum absolute atomic E-state index is 5.83. The van der Waals surface area contributed by atoms with Gasteiger partial charge in [-0.15, -0.1) is 0 Å². The molecule has 2 N–H and O–H groups in total. The van der Waals surface area contributed by atoms with Crippen LogP contribution >= 0.6 is 11.8 Å². The fourth-order valence-corrected chi connectivity index (χ4v) is 2.33. The summed E-state index contributed by atoms with van der Waals surface area (Å²) >= 11 is 1.92. The third kappa shape index (κ3) is 5.04. The quantitative estimate of drug-likeness (QED) is 0.737. The highest BCUT2D eigenvalue weighted by molar-refractivity contribution is 7.98. The monoisotopic (exact) mass is 237 g/mol. The van der Waals surface area contributed by atoms with Crippen molar-refractivity contribution >= 4 is 11.8 Å². The molecule has 0 spiro atoms. The van der Waals surface area contributed by atoms with Crippen molar-refractivity contribution in [2.24, 2.45) is 11.7 Å². The van der Waals surface area contributed by atoms with Crippen molar-refractivity contribution in [3.8, 4) is 0 Å². The van der Waals surface area contributed by atoms with Gasteiger partial charge in [0.2, 0.25) is 0 Å². The lowest BCUT2D eigenvalue weighted by atomic mass is 9.95. The molecular formula is C14H23NS. The standard InChI is InChI=1S/C14H23NS/c1-12-5-7-13(8-6-12)10-14(11-15)4-3-9-16-2/h5-8,14H,3-4,9-11,15H2,1-2H3. The van der Waals surface area contributed by atoms with Crippen LogP contribution in [0.4, 0.5) is 0 Å². The minimum Gasteiger partial charge on any atom is -0.330 e. The molecule has 1 nitrogen and oxygen atoms in total. The molecule has 1 atom stereocenters. The summed E-state index contributed by atoms with van der Waals surface area (Å²) < 4.78 is 0. The van der Waals surface area contributed by atoms with Gasteiger partial charge < -0.3 is 5.73 Å². The molecule has 2 heteroatoms. The van der Waals surface area contributed by atoms with Gasteiger partial charge >= 0.3 is 0 Å². The normalized spacial score (nSPS) is 12.7. The highest BCUT2D eigenvalue weighted by Gasteiger charge is 2.07. The van der Waals surface area contributed by atoms with Crippen molar-refractivity contribution in [3.05, 3.63) is 35.4 Å². The predicted molar refractivity (Wildman–Crippen MR) is 75.0 cm³/mol. The van der Waals surface area contributed by atoms with E-state index < -0.39 is 0 Å². The first-order valence-corrected chi connectivity index (χ1v) is 7.40. The molecule has 0 aliphatic heterocycles. The molecule has 0 saturated carbocycles. The molecule has 0 radical (unpaired) electrons. The zero-order valence-electron chi connectivity index (χ0n) is 10.4. The second-order valence-corrected chi connectivity index (χ2v) is 5.41. The van der Waals surface area contributed by atoms with E-state index in [9.17, 15) is 0 Å². The summed E-state index contributed by atoms with van der Waals surface area (Å²) in [6, 6.07) is 8.83. The van der Waals surface area contributed by atoms with Crippen molar-refractivity contribution in [1.29, 1.82) is 0 Å². The van der Waals surface area contributed by atoms with Gasteiger partial charge in [-0.1, -0.05) is 29.8 Å². The number of rotatable bonds is 7. The number of hydrogen-bond acceptors (Lipinski definition) is 2. The maximum atomic E-state index is 5.83. The summed E-state index contributed by atoms with van der Waals surface area (Å²) in [5, 5.41) is 0. The van der Waals surface area contributed by atoms with Gasteiger partial charge in [0.1, 0.15) is 0 Å². The van der Waals surface area contributed by atoms with Crippen molar-refractivity contribution in [2.45, 2.75) is 26.2 Å². The van der Waals surface area contributed by atoms with E-state index in [0.717, 1.165) is 13.0 Å². The van der Waals surface area contributed by atoms with Crippen LogP contribution in [0.5, 0.6) is 0 Å². The van der Waals surface area contributed by atoms with Crippen LogP contribution in [0.2, 0.25) is 0 Å². The predicted octanol–water partition coefficient (Wildman–Crippen LogP) is 3.26. The molecule has 1 aromatic rings. The maximum Gasteiger partial charge on any atom is -0.00457 e. The van der Waals surface area contributed by atoms with Gasteiger partial charge in [-0.05, 0) is 56.2 Å². The van der Waals surface area contributed by atoms with Gasteiger partial charge in [0.05, 0.1) is 0 Å². The summed E-state index contributed by atoms with van der Waals surface area (Å²) in [4.78, 5) is 0. The third-order valence-electron chi connectivity index (χ3n) is 2.94. The van der Waals surface area contributed by atoms with E-state index >= 15 is 0 Å². The SMILES string of the molecule is CSCCCC(CN)Cc1ccc(C)cc1. The lowest BCUT2D eigenvalue weighted by Gasteiger charge is -2.14. The van der Waals surface area contributed by atoms with Crippen molar-refractivity contribution in [2.75, 3.05) is 18.6 Å². The summed E-state index contributed by atoms with van der Waals surface area (Å²) in [5.74, 6) is 1.90. The molecule has 1 rings (SSSR count). The second-order valence-electron chi connectivity index (χ2n) is 4.43. The number of hydrogen-bond donors (Lipinski definition) is 1. The Morgan fingerprint density at radius 3 is 2.50 bits per heavy atom. The van der Waals surface area contributed by atoms with Gasteiger partial charge in [0.25, 0.3) is 0 Å². The zero-order valence-corrected chi connectivity index (χ0v) is 11.2. The Kier molecular flexibility index (Phi) is 6.58. The first kappa shape index (κ1) is 13.6. The highest BCUT2D eigenvalue weighted by atomic mass is 32.2. The first-order valence-electron chi connectivity index (χ1n) is 6.00. The Morgan fingerprint density at radius 1 is 1.25 bits per heavy atom. The van der Waals surface area contributed by atoms with Gasteiger partial charge in [-0.3, -0.25) is 0 Å². The molecule has 0 saturated heterocycles. The molecule has 0 fully saturated rings. The Bertz CT molecular complexity index is 281. The van der Waals surface area contributed by atoms with Crippen LogP contribution < -0.4 is 5.73 Å². The minimum atomic E-state index is 0.648. The Hall–Kier alpha value is -0.470. The van der Waals surface area contributed by atoms with E-state index in [-0.39, 0.29) is 0 Å². The molecule has 90 valence electrons. The highest BCUT2D eigenvalue weighted by Crippen LogP contribution is 2.15. The van der Waals surface area contributed by atoms with Gasteiger partial charge in [0, 0.05) is 0 Å². The average Bonchev–Trinajstić information content (AvgIpc) is 2.31. The molecule has 1 aromatic carbocycles. The van der Waals surface area contributed by atoms with Gasteiger partial charge in [-0.25, -0.2) is 0 Å². The summed E-state index contributed by atoms with van der Waals surface area (Å²) in [6.07, 6.45) is 5.84. The fourth-order valence-electron chi connectivity index (χ4n) is 1.88. The second kappa shape index (κ2) is 7.75. The van der Waals surface area contributed by atoms with Crippen LogP contribution in [-0.2, 0) is 6.42 Å². The Balaban J connectivity index is 2.40. The van der Waals surface area contributed by atoms with E-state index in [1.54, 1.807) is 0 Å². The molecule has 0 bridgehead atoms. The number of nitrogens with two attached hydrogens (primary N) is 1. The first-order chi connectivity index (χ1) is 7.76. The molecule has 1 unspecified atom stereocenters. The van der Waals surface area contributed by atoms with Gasteiger partial charge in [-0.2, -0.15) is 11.8 Å². The lowest BCUT2D eigenvalue weighted by Crippen LogP contribution is -2.17. The van der Waals surface area contributed by atoms with Crippen LogP contribution in [0, 0.1) is 12.8 Å². The number of aryl methyl sites for hydroxylation is 1. The van der Waals surface area contributed by atoms with Crippen LogP contribution in [-0.4, -0.2) is 18.6 Å². The van der Waals surface area contributed by atoms with Crippen LogP contribution in [0.15, 0.2) is 24.3 Å². The largest absolute Gasteiger partial charge is 0.330 e. The van der Waals surface area contributed by atoms with Crippen molar-refractivity contribution in [3.63, 3.8) is 0 Å². The summed E-state index contributed by atoms with van der Waals surface area (Å²) in [7, 11) is 0. The van der Waals surface area contributed by atoms with Gasteiger partial charge in [0.15, 0.2) is 0 Å². The van der Waals surface area contributed by atoms with E-state index in [1.807, 2.05) is 11.8 Å². The van der Waals surface area contributed by atoms with Crippen molar-refractivity contribution < 1.29 is 0 Å². The topological polar surface area (TPSA) is 26.0 Å². The molecule has 0 aliphatic carbocycles. The van der Waals surface area contributed by atoms with E-state index in [0.29, 0.717) is 5.92 Å². The minimum absolute atomic E-state index is 0.648. The Morgan fingerprint density at radius 2 is 1.94 bits per heavy atom. The molecule has 0 amide bonds. The third-order valence-corrected chi connectivity index (χ3v) is 3.64.